The van der Waals surface area contributed by atoms with Gasteiger partial charge in [-0.2, -0.15) is 10.1 Å². The lowest BCUT2D eigenvalue weighted by atomic mass is 10.1. The molecule has 9 nitrogen and oxygen atoms in total. The van der Waals surface area contributed by atoms with Crippen LogP contribution in [0, 0.1) is 0 Å². The number of rotatable bonds is 9. The van der Waals surface area contributed by atoms with Crippen molar-refractivity contribution in [2.45, 2.75) is 32.9 Å². The number of carbonyl (C=O) groups excluding carboxylic acids is 1. The van der Waals surface area contributed by atoms with Crippen LogP contribution in [0.3, 0.4) is 0 Å². The maximum atomic E-state index is 12.7. The Morgan fingerprint density at radius 1 is 1.12 bits per heavy atom. The number of aromatic nitrogens is 5. The molecule has 4 aromatic rings. The quantitative estimate of drug-likeness (QED) is 0.288. The molecule has 0 saturated carbocycles. The normalized spacial score (nSPS) is 11.6. The van der Waals surface area contributed by atoms with Crippen molar-refractivity contribution in [3.8, 4) is 0 Å². The average Bonchev–Trinajstić information content (AvgIpc) is 3.36. The molecule has 0 fully saturated rings. The number of nitrogens with zero attached hydrogens (tertiary/aromatic N) is 5. The zero-order valence-corrected chi connectivity index (χ0v) is 20.5. The summed E-state index contributed by atoms with van der Waals surface area (Å²) in [5.74, 6) is 0.840. The fraction of sp³-hybridized carbons (Fsp3) is 0.208. The maximum Gasteiger partial charge on any atom is 0.253 e. The first-order valence-electron chi connectivity index (χ1n) is 10.9. The molecule has 1 atom stereocenters. The molecule has 0 bridgehead atoms. The van der Waals surface area contributed by atoms with Crippen molar-refractivity contribution in [2.75, 3.05) is 10.6 Å². The summed E-state index contributed by atoms with van der Waals surface area (Å²) in [6.07, 6.45) is 5.72. The summed E-state index contributed by atoms with van der Waals surface area (Å²) in [5, 5.41) is 13.6. The third-order valence-corrected chi connectivity index (χ3v) is 5.76. The Kier molecular flexibility index (Phi) is 7.48. The van der Waals surface area contributed by atoms with E-state index in [0.29, 0.717) is 34.0 Å². The highest BCUT2D eigenvalue weighted by Crippen LogP contribution is 2.27. The second kappa shape index (κ2) is 10.9. The number of benzene rings is 2. The second-order valence-corrected chi connectivity index (χ2v) is 8.61. The van der Waals surface area contributed by atoms with Crippen molar-refractivity contribution in [1.29, 1.82) is 0 Å². The van der Waals surface area contributed by atoms with Crippen molar-refractivity contribution in [3.63, 3.8) is 0 Å². The number of halogens is 1. The van der Waals surface area contributed by atoms with E-state index in [1.165, 1.54) is 6.33 Å². The monoisotopic (exact) mass is 520 g/mol. The zero-order chi connectivity index (χ0) is 23.9. The molecule has 2 aromatic carbocycles. The number of carbonyl (C=O) groups is 1. The predicted molar refractivity (Wildman–Crippen MR) is 136 cm³/mol. The lowest BCUT2D eigenvalue weighted by Gasteiger charge is -2.16. The van der Waals surface area contributed by atoms with Crippen LogP contribution in [0.25, 0.3) is 0 Å². The first kappa shape index (κ1) is 23.4. The molecule has 10 heteroatoms. The largest absolute Gasteiger partial charge is 0.350 e. The minimum atomic E-state index is -0.132. The van der Waals surface area contributed by atoms with Crippen molar-refractivity contribution in [3.05, 3.63) is 83.0 Å². The Balaban J connectivity index is 1.48. The summed E-state index contributed by atoms with van der Waals surface area (Å²) in [6, 6.07) is 15.4. The fourth-order valence-electron chi connectivity index (χ4n) is 3.16. The van der Waals surface area contributed by atoms with E-state index in [-0.39, 0.29) is 11.9 Å². The van der Waals surface area contributed by atoms with Crippen molar-refractivity contribution in [1.82, 2.24) is 30.0 Å². The van der Waals surface area contributed by atoms with Gasteiger partial charge in [0, 0.05) is 17.9 Å². The van der Waals surface area contributed by atoms with Crippen LogP contribution in [0.1, 0.15) is 36.2 Å². The molecule has 2 heterocycles. The van der Waals surface area contributed by atoms with Gasteiger partial charge in [0.1, 0.15) is 18.5 Å². The van der Waals surface area contributed by atoms with E-state index in [9.17, 15) is 4.79 Å². The number of hydrogen-bond acceptors (Lipinski definition) is 7. The van der Waals surface area contributed by atoms with Gasteiger partial charge in [-0.05, 0) is 59.1 Å². The van der Waals surface area contributed by atoms with Gasteiger partial charge >= 0.3 is 0 Å². The smallest absolute Gasteiger partial charge is 0.253 e. The second-order valence-electron chi connectivity index (χ2n) is 7.76. The van der Waals surface area contributed by atoms with E-state index >= 15 is 0 Å². The Hall–Kier alpha value is -3.79. The molecule has 3 N–H and O–H groups in total. The summed E-state index contributed by atoms with van der Waals surface area (Å²) < 4.78 is 2.44. The highest BCUT2D eigenvalue weighted by molar-refractivity contribution is 9.10. The molecular formula is C24H25BrN8O. The number of amides is 1. The van der Waals surface area contributed by atoms with Crippen LogP contribution >= 0.6 is 15.9 Å². The van der Waals surface area contributed by atoms with Gasteiger partial charge in [-0.25, -0.2) is 14.6 Å². The summed E-state index contributed by atoms with van der Waals surface area (Å²) in [6.45, 7) is 4.66. The molecule has 0 aliphatic rings. The van der Waals surface area contributed by atoms with E-state index in [4.69, 9.17) is 0 Å². The van der Waals surface area contributed by atoms with E-state index < -0.39 is 0 Å². The third-order valence-electron chi connectivity index (χ3n) is 5.18. The molecule has 0 saturated heterocycles. The first-order chi connectivity index (χ1) is 16.5. The molecule has 0 spiro atoms. The molecule has 1 amide bonds. The highest BCUT2D eigenvalue weighted by Gasteiger charge is 2.15. The average molecular weight is 521 g/mol. The number of hydrogen-bond donors (Lipinski definition) is 3. The lowest BCUT2D eigenvalue weighted by molar-refractivity contribution is 0.0940. The van der Waals surface area contributed by atoms with Gasteiger partial charge in [0.05, 0.1) is 22.3 Å². The predicted octanol–water partition coefficient (Wildman–Crippen LogP) is 4.89. The van der Waals surface area contributed by atoms with Crippen LogP contribution in [0.15, 0.2) is 71.9 Å². The van der Waals surface area contributed by atoms with E-state index in [0.717, 1.165) is 17.7 Å². The van der Waals surface area contributed by atoms with Crippen LogP contribution in [-0.2, 0) is 6.54 Å². The molecule has 0 aliphatic carbocycles. The maximum absolute atomic E-state index is 12.7. The van der Waals surface area contributed by atoms with Crippen molar-refractivity contribution in [2.24, 2.45) is 0 Å². The van der Waals surface area contributed by atoms with Crippen molar-refractivity contribution < 1.29 is 4.79 Å². The molecule has 0 aliphatic heterocycles. The van der Waals surface area contributed by atoms with Crippen LogP contribution in [0.2, 0.25) is 0 Å². The Bertz CT molecular complexity index is 1240. The molecule has 174 valence electrons. The van der Waals surface area contributed by atoms with Gasteiger partial charge in [0.15, 0.2) is 0 Å². The Labute approximate surface area is 206 Å². The van der Waals surface area contributed by atoms with E-state index in [1.807, 2.05) is 56.3 Å². The SMILES string of the molecule is CCC(C)NC(=O)c1ccccc1Nc1nc(Nc2ccc(Cn3cncn3)cc2)ncc1Br. The third kappa shape index (κ3) is 5.96. The van der Waals surface area contributed by atoms with E-state index in [2.05, 4.69) is 51.9 Å². The summed E-state index contributed by atoms with van der Waals surface area (Å²) >= 11 is 3.50. The van der Waals surface area contributed by atoms with Gasteiger partial charge in [-0.15, -0.1) is 0 Å². The minimum absolute atomic E-state index is 0.0877. The fourth-order valence-corrected chi connectivity index (χ4v) is 3.45. The van der Waals surface area contributed by atoms with E-state index in [1.54, 1.807) is 23.3 Å². The summed E-state index contributed by atoms with van der Waals surface area (Å²) in [7, 11) is 0. The molecule has 34 heavy (non-hydrogen) atoms. The van der Waals surface area contributed by atoms with Gasteiger partial charge in [0.2, 0.25) is 5.95 Å². The zero-order valence-electron chi connectivity index (χ0n) is 18.9. The Morgan fingerprint density at radius 2 is 1.91 bits per heavy atom. The molecule has 0 radical (unpaired) electrons. The van der Waals surface area contributed by atoms with Crippen LogP contribution in [0.4, 0.5) is 23.1 Å². The lowest BCUT2D eigenvalue weighted by Crippen LogP contribution is -2.32. The van der Waals surface area contributed by atoms with Crippen LogP contribution in [-0.4, -0.2) is 36.7 Å². The Morgan fingerprint density at radius 3 is 2.65 bits per heavy atom. The highest BCUT2D eigenvalue weighted by atomic mass is 79.9. The van der Waals surface area contributed by atoms with Crippen LogP contribution in [0.5, 0.6) is 0 Å². The topological polar surface area (TPSA) is 110 Å². The number of nitrogens with one attached hydrogen (secondary N) is 3. The van der Waals surface area contributed by atoms with Gasteiger partial charge in [-0.1, -0.05) is 31.2 Å². The standard InChI is InChI=1S/C24H25BrN8O/c1-3-16(2)29-23(34)19-6-4-5-7-21(19)31-22-20(25)12-27-24(32-22)30-18-10-8-17(9-11-18)13-33-15-26-14-28-33/h4-12,14-16H,3,13H2,1-2H3,(H,29,34)(H2,27,30,31,32). The molecule has 2 aromatic heterocycles. The first-order valence-corrected chi connectivity index (χ1v) is 11.7. The molecule has 1 unspecified atom stereocenters. The van der Waals surface area contributed by atoms with Gasteiger partial charge in [0.25, 0.3) is 5.91 Å². The number of para-hydroxylation sites is 1. The molecular weight excluding hydrogens is 496 g/mol. The van der Waals surface area contributed by atoms with Gasteiger partial charge in [-0.3, -0.25) is 4.79 Å². The summed E-state index contributed by atoms with van der Waals surface area (Å²) in [4.78, 5) is 25.6. The van der Waals surface area contributed by atoms with Gasteiger partial charge < -0.3 is 16.0 Å². The minimum Gasteiger partial charge on any atom is -0.350 e. The summed E-state index contributed by atoms with van der Waals surface area (Å²) in [5.41, 5.74) is 3.16. The number of anilines is 4. The van der Waals surface area contributed by atoms with Crippen LogP contribution < -0.4 is 16.0 Å². The van der Waals surface area contributed by atoms with Crippen molar-refractivity contribution >= 4 is 45.0 Å². The molecule has 4 rings (SSSR count).